The number of thioether (sulfide) groups is 1. The molecular weight excluding hydrogens is 425 g/mol. The number of nitrogens with zero attached hydrogens (tertiary/aromatic N) is 1. The smallest absolute Gasteiger partial charge is 0.293 e. The Labute approximate surface area is 161 Å². The highest BCUT2D eigenvalue weighted by Gasteiger charge is 2.34. The number of imide groups is 1. The fourth-order valence-corrected chi connectivity index (χ4v) is 3.50. The number of amides is 2. The van der Waals surface area contributed by atoms with Crippen molar-refractivity contribution < 1.29 is 23.8 Å². The van der Waals surface area contributed by atoms with Crippen LogP contribution in [0.2, 0.25) is 0 Å². The fourth-order valence-electron chi connectivity index (χ4n) is 2.26. The number of phenolic OH excluding ortho intramolecular Hbond substituents is 1. The maximum atomic E-state index is 12.8. The summed E-state index contributed by atoms with van der Waals surface area (Å²) in [5, 5.41) is 9.46. The highest BCUT2D eigenvalue weighted by atomic mass is 79.9. The van der Waals surface area contributed by atoms with Gasteiger partial charge in [-0.15, -0.1) is 0 Å². The van der Waals surface area contributed by atoms with Gasteiger partial charge in [-0.25, -0.2) is 4.39 Å². The molecule has 0 unspecified atom stereocenters. The number of halogens is 2. The van der Waals surface area contributed by atoms with Gasteiger partial charge in [0, 0.05) is 10.0 Å². The first-order valence-corrected chi connectivity index (χ1v) is 9.17. The predicted octanol–water partition coefficient (Wildman–Crippen LogP) is 4.41. The lowest BCUT2D eigenvalue weighted by atomic mass is 10.2. The van der Waals surface area contributed by atoms with Crippen molar-refractivity contribution in [2.45, 2.75) is 0 Å². The van der Waals surface area contributed by atoms with Crippen molar-refractivity contribution in [3.63, 3.8) is 0 Å². The Balaban J connectivity index is 1.66. The second-order valence-electron chi connectivity index (χ2n) is 5.34. The standard InChI is InChI=1S/C18H13BrFNO4S/c19-12-1-6-15(22)11(9-12)10-16-17(23)21(18(24)26-16)7-8-25-14-4-2-13(20)3-5-14/h1-6,9-10,22H,7-8H2/b16-10-. The molecule has 1 N–H and O–H groups in total. The average molecular weight is 438 g/mol. The van der Waals surface area contributed by atoms with Crippen LogP contribution in [0.4, 0.5) is 9.18 Å². The molecule has 2 aromatic carbocycles. The van der Waals surface area contributed by atoms with E-state index in [0.717, 1.165) is 21.1 Å². The van der Waals surface area contributed by atoms with Gasteiger partial charge in [-0.1, -0.05) is 15.9 Å². The first kappa shape index (κ1) is 18.5. The maximum absolute atomic E-state index is 12.8. The lowest BCUT2D eigenvalue weighted by Crippen LogP contribution is -2.32. The van der Waals surface area contributed by atoms with Gasteiger partial charge in [0.2, 0.25) is 0 Å². The third-order valence-corrected chi connectivity index (χ3v) is 4.95. The number of hydrogen-bond donors (Lipinski definition) is 1. The van der Waals surface area contributed by atoms with Crippen LogP contribution in [-0.4, -0.2) is 34.3 Å². The first-order chi connectivity index (χ1) is 12.4. The van der Waals surface area contributed by atoms with Crippen LogP contribution in [0.25, 0.3) is 6.08 Å². The summed E-state index contributed by atoms with van der Waals surface area (Å²) in [5.74, 6) is -0.348. The largest absolute Gasteiger partial charge is 0.507 e. The van der Waals surface area contributed by atoms with E-state index in [9.17, 15) is 19.1 Å². The van der Waals surface area contributed by atoms with Gasteiger partial charge in [0.15, 0.2) is 0 Å². The second-order valence-corrected chi connectivity index (χ2v) is 7.25. The number of hydrogen-bond acceptors (Lipinski definition) is 5. The summed E-state index contributed by atoms with van der Waals surface area (Å²) < 4.78 is 19.0. The molecule has 2 amide bonds. The Morgan fingerprint density at radius 2 is 1.92 bits per heavy atom. The molecule has 1 saturated heterocycles. The lowest BCUT2D eigenvalue weighted by Gasteiger charge is -2.13. The Hall–Kier alpha value is -2.32. The van der Waals surface area contributed by atoms with E-state index in [1.54, 1.807) is 12.1 Å². The van der Waals surface area contributed by atoms with Gasteiger partial charge in [0.25, 0.3) is 11.1 Å². The first-order valence-electron chi connectivity index (χ1n) is 7.56. The van der Waals surface area contributed by atoms with Crippen molar-refractivity contribution in [1.82, 2.24) is 4.90 Å². The molecule has 0 radical (unpaired) electrons. The van der Waals surface area contributed by atoms with Gasteiger partial charge in [0.1, 0.15) is 23.9 Å². The molecule has 3 rings (SSSR count). The SMILES string of the molecule is O=C1S/C(=C\c2cc(Br)ccc2O)C(=O)N1CCOc1ccc(F)cc1. The fraction of sp³-hybridized carbons (Fsp3) is 0.111. The van der Waals surface area contributed by atoms with E-state index in [2.05, 4.69) is 15.9 Å². The molecule has 0 aromatic heterocycles. The third kappa shape index (κ3) is 4.25. The Morgan fingerprint density at radius 1 is 1.19 bits per heavy atom. The van der Waals surface area contributed by atoms with Crippen LogP contribution in [0.5, 0.6) is 11.5 Å². The molecule has 134 valence electrons. The van der Waals surface area contributed by atoms with Crippen LogP contribution in [0.15, 0.2) is 51.8 Å². The molecule has 1 heterocycles. The Bertz CT molecular complexity index is 885. The molecule has 1 aliphatic heterocycles. The highest BCUT2D eigenvalue weighted by Crippen LogP contribution is 2.34. The molecule has 0 bridgehead atoms. The molecule has 1 aliphatic rings. The zero-order chi connectivity index (χ0) is 18.7. The summed E-state index contributed by atoms with van der Waals surface area (Å²) in [6.07, 6.45) is 1.48. The number of phenols is 1. The molecule has 0 atom stereocenters. The predicted molar refractivity (Wildman–Crippen MR) is 100 cm³/mol. The number of rotatable bonds is 5. The van der Waals surface area contributed by atoms with Crippen LogP contribution in [0, 0.1) is 5.82 Å². The summed E-state index contributed by atoms with van der Waals surface area (Å²) in [6, 6.07) is 10.3. The van der Waals surface area contributed by atoms with Gasteiger partial charge in [-0.2, -0.15) is 0 Å². The van der Waals surface area contributed by atoms with E-state index < -0.39 is 11.1 Å². The van der Waals surface area contributed by atoms with Crippen molar-refractivity contribution in [2.24, 2.45) is 0 Å². The van der Waals surface area contributed by atoms with E-state index in [4.69, 9.17) is 4.74 Å². The number of aromatic hydroxyl groups is 1. The zero-order valence-corrected chi connectivity index (χ0v) is 15.7. The van der Waals surface area contributed by atoms with Crippen LogP contribution < -0.4 is 4.74 Å². The van der Waals surface area contributed by atoms with Gasteiger partial charge < -0.3 is 9.84 Å². The molecular formula is C18H13BrFNO4S. The minimum absolute atomic E-state index is 0.0136. The van der Waals surface area contributed by atoms with Gasteiger partial charge in [-0.3, -0.25) is 14.5 Å². The topological polar surface area (TPSA) is 66.8 Å². The van der Waals surface area contributed by atoms with Gasteiger partial charge in [-0.05, 0) is 60.3 Å². The van der Waals surface area contributed by atoms with Crippen LogP contribution >= 0.6 is 27.7 Å². The van der Waals surface area contributed by atoms with E-state index in [1.165, 1.54) is 36.4 Å². The van der Waals surface area contributed by atoms with Crippen molar-refractivity contribution in [2.75, 3.05) is 13.2 Å². The molecule has 5 nitrogen and oxygen atoms in total. The Morgan fingerprint density at radius 3 is 2.65 bits per heavy atom. The minimum atomic E-state index is -0.443. The summed E-state index contributed by atoms with van der Waals surface area (Å²) in [6.45, 7) is 0.170. The number of carbonyl (C=O) groups excluding carboxylic acids is 2. The van der Waals surface area contributed by atoms with Crippen molar-refractivity contribution in [3.8, 4) is 11.5 Å². The molecule has 0 saturated carbocycles. The molecule has 1 fully saturated rings. The number of carbonyl (C=O) groups is 2. The quantitative estimate of drug-likeness (QED) is 0.701. The maximum Gasteiger partial charge on any atom is 0.293 e. The summed E-state index contributed by atoms with van der Waals surface area (Å²) in [4.78, 5) is 25.8. The number of ether oxygens (including phenoxy) is 1. The van der Waals surface area contributed by atoms with Crippen LogP contribution in [0.3, 0.4) is 0 Å². The minimum Gasteiger partial charge on any atom is -0.507 e. The molecule has 0 aliphatic carbocycles. The van der Waals surface area contributed by atoms with Crippen molar-refractivity contribution in [3.05, 3.63) is 63.2 Å². The summed E-state index contributed by atoms with van der Waals surface area (Å²) >= 11 is 4.10. The van der Waals surface area contributed by atoms with Gasteiger partial charge >= 0.3 is 0 Å². The number of benzene rings is 2. The lowest BCUT2D eigenvalue weighted by molar-refractivity contribution is -0.123. The molecule has 2 aromatic rings. The summed E-state index contributed by atoms with van der Waals surface area (Å²) in [7, 11) is 0. The zero-order valence-electron chi connectivity index (χ0n) is 13.3. The van der Waals surface area contributed by atoms with E-state index >= 15 is 0 Å². The van der Waals surface area contributed by atoms with Crippen LogP contribution in [-0.2, 0) is 4.79 Å². The highest BCUT2D eigenvalue weighted by molar-refractivity contribution is 9.10. The second kappa shape index (κ2) is 7.92. The average Bonchev–Trinajstić information content (AvgIpc) is 2.87. The normalized spacial score (nSPS) is 15.8. The van der Waals surface area contributed by atoms with Crippen LogP contribution in [0.1, 0.15) is 5.56 Å². The molecule has 0 spiro atoms. The van der Waals surface area contributed by atoms with Gasteiger partial charge in [0.05, 0.1) is 11.4 Å². The third-order valence-electron chi connectivity index (χ3n) is 3.55. The molecule has 8 heteroatoms. The van der Waals surface area contributed by atoms with Crippen molar-refractivity contribution >= 4 is 44.9 Å². The van der Waals surface area contributed by atoms with E-state index in [0.29, 0.717) is 11.3 Å². The van der Waals surface area contributed by atoms with Crippen molar-refractivity contribution in [1.29, 1.82) is 0 Å². The Kier molecular flexibility index (Phi) is 5.63. The van der Waals surface area contributed by atoms with E-state index in [1.807, 2.05) is 0 Å². The van der Waals surface area contributed by atoms with E-state index in [-0.39, 0.29) is 29.6 Å². The monoisotopic (exact) mass is 437 g/mol. The summed E-state index contributed by atoms with van der Waals surface area (Å²) in [5.41, 5.74) is 0.437. The molecule has 26 heavy (non-hydrogen) atoms.